The van der Waals surface area contributed by atoms with Gasteiger partial charge < -0.3 is 20.3 Å². The second-order valence-electron chi connectivity index (χ2n) is 8.07. The normalized spacial score (nSPS) is 22.8. The molecule has 5 nitrogen and oxygen atoms in total. The Morgan fingerprint density at radius 3 is 2.39 bits per heavy atom. The summed E-state index contributed by atoms with van der Waals surface area (Å²) < 4.78 is 11.7. The van der Waals surface area contributed by atoms with Gasteiger partial charge in [-0.3, -0.25) is 4.90 Å². The number of aryl methyl sites for hydroxylation is 2. The molecular weight excluding hydrogens is 352 g/mol. The van der Waals surface area contributed by atoms with Crippen LogP contribution in [0.25, 0.3) is 0 Å². The van der Waals surface area contributed by atoms with Gasteiger partial charge in [0.1, 0.15) is 29.8 Å². The van der Waals surface area contributed by atoms with Gasteiger partial charge in [-0.2, -0.15) is 0 Å². The van der Waals surface area contributed by atoms with Crippen molar-refractivity contribution in [2.24, 2.45) is 5.73 Å². The van der Waals surface area contributed by atoms with E-state index >= 15 is 0 Å². The molecule has 0 saturated carbocycles. The summed E-state index contributed by atoms with van der Waals surface area (Å²) in [5.41, 5.74) is 8.10. The monoisotopic (exact) mass is 384 g/mol. The molecule has 0 bridgehead atoms. The molecule has 1 saturated heterocycles. The van der Waals surface area contributed by atoms with Crippen LogP contribution in [0.5, 0.6) is 11.5 Å². The molecule has 3 rings (SSSR count). The number of nitrogens with zero attached hydrogens (tertiary/aromatic N) is 1. The number of β-amino-alcohol motifs (C(OH)–C–C–N with tert-alkyl or cyclic N) is 1. The molecule has 0 aromatic heterocycles. The molecule has 152 valence electrons. The van der Waals surface area contributed by atoms with Gasteiger partial charge in [-0.1, -0.05) is 18.2 Å². The van der Waals surface area contributed by atoms with Gasteiger partial charge in [-0.05, 0) is 68.1 Å². The largest absolute Gasteiger partial charge is 0.492 e. The number of hydrogen-bond acceptors (Lipinski definition) is 5. The second-order valence-corrected chi connectivity index (χ2v) is 8.07. The first kappa shape index (κ1) is 20.6. The van der Waals surface area contributed by atoms with E-state index in [4.69, 9.17) is 15.2 Å². The summed E-state index contributed by atoms with van der Waals surface area (Å²) in [6.07, 6.45) is 0.578. The lowest BCUT2D eigenvalue weighted by Gasteiger charge is -2.42. The summed E-state index contributed by atoms with van der Waals surface area (Å²) in [6.45, 7) is 9.29. The number of piperidine rings is 1. The molecule has 2 atom stereocenters. The first-order valence-electron chi connectivity index (χ1n) is 9.97. The lowest BCUT2D eigenvalue weighted by atomic mass is 9.91. The molecule has 0 radical (unpaired) electrons. The summed E-state index contributed by atoms with van der Waals surface area (Å²) in [4.78, 5) is 2.27. The van der Waals surface area contributed by atoms with Crippen LogP contribution >= 0.6 is 0 Å². The Labute approximate surface area is 168 Å². The molecule has 28 heavy (non-hydrogen) atoms. The molecule has 3 N–H and O–H groups in total. The highest BCUT2D eigenvalue weighted by atomic mass is 16.5. The fraction of sp³-hybridized carbons (Fsp3) is 0.478. The van der Waals surface area contributed by atoms with Gasteiger partial charge in [-0.25, -0.2) is 0 Å². The molecule has 1 heterocycles. The predicted molar refractivity (Wildman–Crippen MR) is 112 cm³/mol. The van der Waals surface area contributed by atoms with Gasteiger partial charge >= 0.3 is 0 Å². The second kappa shape index (κ2) is 8.95. The maximum absolute atomic E-state index is 11.0. The first-order chi connectivity index (χ1) is 13.4. The Hall–Kier alpha value is -2.08. The molecule has 1 aliphatic heterocycles. The van der Waals surface area contributed by atoms with Crippen molar-refractivity contribution in [3.63, 3.8) is 0 Å². The fourth-order valence-electron chi connectivity index (χ4n) is 3.86. The van der Waals surface area contributed by atoms with E-state index in [0.29, 0.717) is 19.7 Å². The highest BCUT2D eigenvalue weighted by molar-refractivity contribution is 5.33. The van der Waals surface area contributed by atoms with Crippen LogP contribution in [0.1, 0.15) is 30.0 Å². The van der Waals surface area contributed by atoms with Gasteiger partial charge in [0.05, 0.1) is 0 Å². The van der Waals surface area contributed by atoms with Gasteiger partial charge in [-0.15, -0.1) is 0 Å². The number of benzene rings is 2. The number of aliphatic hydroxyl groups is 1. The van der Waals surface area contributed by atoms with Gasteiger partial charge in [0.15, 0.2) is 0 Å². The van der Waals surface area contributed by atoms with Crippen LogP contribution in [-0.4, -0.2) is 48.0 Å². The van der Waals surface area contributed by atoms with Crippen LogP contribution in [0.2, 0.25) is 0 Å². The van der Waals surface area contributed by atoms with Crippen molar-refractivity contribution in [3.05, 3.63) is 59.2 Å². The molecule has 2 aromatic carbocycles. The third kappa shape index (κ3) is 5.47. The van der Waals surface area contributed by atoms with E-state index < -0.39 is 5.60 Å². The van der Waals surface area contributed by atoms with Crippen LogP contribution in [0.4, 0.5) is 0 Å². The average molecular weight is 385 g/mol. The number of hydrogen-bond donors (Lipinski definition) is 2. The van der Waals surface area contributed by atoms with Crippen molar-refractivity contribution in [1.82, 2.24) is 4.90 Å². The minimum atomic E-state index is -0.903. The van der Waals surface area contributed by atoms with Crippen molar-refractivity contribution in [2.75, 3.05) is 26.2 Å². The quantitative estimate of drug-likeness (QED) is 0.768. The standard InChI is InChI=1S/C23H32N2O3/c1-17-12-18(2)14-21(13-17)28-22-8-10-25(16-23(22,3)26)15-19-4-6-20(7-5-19)27-11-9-24/h4-7,12-14,22,26H,8-11,15-16,24H2,1-3H3/t22-,23-/m0/s1. The van der Waals surface area contributed by atoms with E-state index in [-0.39, 0.29) is 6.10 Å². The maximum Gasteiger partial charge on any atom is 0.129 e. The minimum Gasteiger partial charge on any atom is -0.492 e. The molecule has 1 fully saturated rings. The van der Waals surface area contributed by atoms with Gasteiger partial charge in [0.2, 0.25) is 0 Å². The molecule has 5 heteroatoms. The SMILES string of the molecule is Cc1cc(C)cc(O[C@H]2CCN(Cc3ccc(OCCN)cc3)C[C@]2(C)O)c1. The van der Waals surface area contributed by atoms with Crippen molar-refractivity contribution in [1.29, 1.82) is 0 Å². The number of nitrogens with two attached hydrogens (primary N) is 1. The summed E-state index contributed by atoms with van der Waals surface area (Å²) in [7, 11) is 0. The van der Waals surface area contributed by atoms with Crippen LogP contribution in [0, 0.1) is 13.8 Å². The molecule has 0 amide bonds. The van der Waals surface area contributed by atoms with E-state index in [9.17, 15) is 5.11 Å². The third-order valence-electron chi connectivity index (χ3n) is 5.13. The lowest BCUT2D eigenvalue weighted by molar-refractivity contribution is -0.0993. The highest BCUT2D eigenvalue weighted by Gasteiger charge is 2.39. The van der Waals surface area contributed by atoms with Crippen LogP contribution in [-0.2, 0) is 6.54 Å². The minimum absolute atomic E-state index is 0.211. The zero-order valence-corrected chi connectivity index (χ0v) is 17.1. The van der Waals surface area contributed by atoms with Crippen molar-refractivity contribution in [3.8, 4) is 11.5 Å². The zero-order valence-electron chi connectivity index (χ0n) is 17.1. The van der Waals surface area contributed by atoms with E-state index in [1.807, 2.05) is 31.2 Å². The Balaban J connectivity index is 1.58. The van der Waals surface area contributed by atoms with Crippen LogP contribution in [0.3, 0.4) is 0 Å². The molecule has 0 aliphatic carbocycles. The summed E-state index contributed by atoms with van der Waals surface area (Å²) in [5.74, 6) is 1.67. The number of likely N-dealkylation sites (tertiary alicyclic amines) is 1. The van der Waals surface area contributed by atoms with E-state index in [0.717, 1.165) is 31.0 Å². The highest BCUT2D eigenvalue weighted by Crippen LogP contribution is 2.28. The number of rotatable bonds is 7. The molecule has 0 spiro atoms. The third-order valence-corrected chi connectivity index (χ3v) is 5.13. The van der Waals surface area contributed by atoms with Crippen LogP contribution < -0.4 is 15.2 Å². The van der Waals surface area contributed by atoms with Crippen molar-refractivity contribution in [2.45, 2.75) is 45.4 Å². The molecule has 2 aromatic rings. The van der Waals surface area contributed by atoms with Crippen LogP contribution in [0.15, 0.2) is 42.5 Å². The summed E-state index contributed by atoms with van der Waals surface area (Å²) >= 11 is 0. The summed E-state index contributed by atoms with van der Waals surface area (Å²) in [6, 6.07) is 14.3. The Morgan fingerprint density at radius 1 is 1.11 bits per heavy atom. The van der Waals surface area contributed by atoms with E-state index in [1.54, 1.807) is 0 Å². The summed E-state index contributed by atoms with van der Waals surface area (Å²) in [5, 5.41) is 11.0. The lowest BCUT2D eigenvalue weighted by Crippen LogP contribution is -2.56. The van der Waals surface area contributed by atoms with E-state index in [1.165, 1.54) is 16.7 Å². The fourth-order valence-corrected chi connectivity index (χ4v) is 3.86. The zero-order chi connectivity index (χ0) is 20.1. The first-order valence-corrected chi connectivity index (χ1v) is 9.97. The predicted octanol–water partition coefficient (Wildman–Crippen LogP) is 3.05. The van der Waals surface area contributed by atoms with E-state index in [2.05, 4.69) is 36.9 Å². The molecule has 1 aliphatic rings. The average Bonchev–Trinajstić information content (AvgIpc) is 2.62. The van der Waals surface area contributed by atoms with Crippen molar-refractivity contribution >= 4 is 0 Å². The Morgan fingerprint density at radius 2 is 1.79 bits per heavy atom. The Kier molecular flexibility index (Phi) is 6.60. The number of ether oxygens (including phenoxy) is 2. The van der Waals surface area contributed by atoms with Gasteiger partial charge in [0, 0.05) is 26.2 Å². The smallest absolute Gasteiger partial charge is 0.129 e. The van der Waals surface area contributed by atoms with Gasteiger partial charge in [0.25, 0.3) is 0 Å². The maximum atomic E-state index is 11.0. The topological polar surface area (TPSA) is 68.0 Å². The Bertz CT molecular complexity index is 754. The molecular formula is C23H32N2O3. The molecule has 0 unspecified atom stereocenters. The van der Waals surface area contributed by atoms with Crippen molar-refractivity contribution < 1.29 is 14.6 Å².